The van der Waals surface area contributed by atoms with Gasteiger partial charge in [-0.1, -0.05) is 11.6 Å². The Balaban J connectivity index is 1.91. The largest absolute Gasteiger partial charge is 0.451 e. The van der Waals surface area contributed by atoms with Gasteiger partial charge in [0.05, 0.1) is 0 Å². The molecule has 3 nitrogen and oxygen atoms in total. The lowest BCUT2D eigenvalue weighted by Gasteiger charge is -2.19. The van der Waals surface area contributed by atoms with Crippen LogP contribution in [0.15, 0.2) is 28.7 Å². The maximum Gasteiger partial charge on any atom is 0.289 e. The van der Waals surface area contributed by atoms with Crippen molar-refractivity contribution in [2.24, 2.45) is 0 Å². The second kappa shape index (κ2) is 4.89. The molecule has 3 rings (SSSR count). The summed E-state index contributed by atoms with van der Waals surface area (Å²) in [6.07, 6.45) is 2.14. The molecule has 4 heteroatoms. The summed E-state index contributed by atoms with van der Waals surface area (Å²) in [5, 5.41) is 0.977. The van der Waals surface area contributed by atoms with Crippen molar-refractivity contribution in [2.75, 3.05) is 12.4 Å². The Morgan fingerprint density at radius 2 is 2.21 bits per heavy atom. The van der Waals surface area contributed by atoms with E-state index < -0.39 is 0 Å². The van der Waals surface area contributed by atoms with Gasteiger partial charge < -0.3 is 9.32 Å². The predicted octanol–water partition coefficient (Wildman–Crippen LogP) is 3.58. The number of carbonyl (C=O) groups excluding carboxylic acids is 1. The van der Waals surface area contributed by atoms with Crippen LogP contribution in [0.2, 0.25) is 0 Å². The molecule has 0 atom stereocenters. The molecule has 1 aliphatic carbocycles. The molecule has 1 saturated carbocycles. The number of hydrogen-bond donors (Lipinski definition) is 0. The lowest BCUT2D eigenvalue weighted by Crippen LogP contribution is -2.34. The number of rotatable bonds is 4. The molecule has 1 aromatic carbocycles. The van der Waals surface area contributed by atoms with Gasteiger partial charge >= 0.3 is 0 Å². The number of furan rings is 1. The van der Waals surface area contributed by atoms with Crippen LogP contribution in [0.3, 0.4) is 0 Å². The second-order valence-corrected chi connectivity index (χ2v) is 5.45. The summed E-state index contributed by atoms with van der Waals surface area (Å²) in [4.78, 5) is 14.3. The number of halogens is 1. The molecular weight excluding hydrogens is 262 g/mol. The average Bonchev–Trinajstić information content (AvgIpc) is 3.14. The Bertz CT molecular complexity index is 616. The molecule has 1 aromatic heterocycles. The maximum absolute atomic E-state index is 12.4. The van der Waals surface area contributed by atoms with Crippen LogP contribution < -0.4 is 0 Å². The van der Waals surface area contributed by atoms with Gasteiger partial charge in [-0.2, -0.15) is 0 Å². The van der Waals surface area contributed by atoms with Crippen molar-refractivity contribution in [1.82, 2.24) is 4.90 Å². The molecule has 0 aliphatic heterocycles. The molecule has 100 valence electrons. The minimum absolute atomic E-state index is 0.0444. The van der Waals surface area contributed by atoms with Crippen LogP contribution in [-0.2, 0) is 0 Å². The number of carbonyl (C=O) groups is 1. The van der Waals surface area contributed by atoms with Crippen LogP contribution in [0, 0.1) is 6.92 Å². The van der Waals surface area contributed by atoms with Gasteiger partial charge in [-0.15, -0.1) is 11.6 Å². The normalized spacial score (nSPS) is 14.8. The molecule has 0 spiro atoms. The molecule has 1 heterocycles. The lowest BCUT2D eigenvalue weighted by atomic mass is 10.2. The van der Waals surface area contributed by atoms with E-state index in [4.69, 9.17) is 16.0 Å². The van der Waals surface area contributed by atoms with Crippen LogP contribution in [0.4, 0.5) is 0 Å². The minimum atomic E-state index is -0.0444. The number of nitrogens with zero attached hydrogens (tertiary/aromatic N) is 1. The fourth-order valence-corrected chi connectivity index (χ4v) is 2.52. The van der Waals surface area contributed by atoms with E-state index in [0.29, 0.717) is 24.2 Å². The number of alkyl halides is 1. The third-order valence-electron chi connectivity index (χ3n) is 3.46. The van der Waals surface area contributed by atoms with Crippen molar-refractivity contribution in [3.8, 4) is 0 Å². The maximum atomic E-state index is 12.4. The van der Waals surface area contributed by atoms with Gasteiger partial charge in [-0.25, -0.2) is 0 Å². The number of amides is 1. The van der Waals surface area contributed by atoms with Crippen LogP contribution in [0.25, 0.3) is 11.0 Å². The number of fused-ring (bicyclic) bond motifs is 1. The minimum Gasteiger partial charge on any atom is -0.451 e. The monoisotopic (exact) mass is 277 g/mol. The van der Waals surface area contributed by atoms with Gasteiger partial charge in [-0.05, 0) is 38.0 Å². The molecule has 0 N–H and O–H groups in total. The fraction of sp³-hybridized carbons (Fsp3) is 0.400. The van der Waals surface area contributed by atoms with Crippen molar-refractivity contribution >= 4 is 28.5 Å². The highest BCUT2D eigenvalue weighted by Gasteiger charge is 2.33. The topological polar surface area (TPSA) is 33.5 Å². The highest BCUT2D eigenvalue weighted by Crippen LogP contribution is 2.29. The smallest absolute Gasteiger partial charge is 0.289 e. The van der Waals surface area contributed by atoms with Crippen LogP contribution in [-0.4, -0.2) is 29.3 Å². The molecule has 0 radical (unpaired) electrons. The highest BCUT2D eigenvalue weighted by molar-refractivity contribution is 6.18. The van der Waals surface area contributed by atoms with Gasteiger partial charge in [0.1, 0.15) is 5.58 Å². The van der Waals surface area contributed by atoms with Gasteiger partial charge in [0.25, 0.3) is 5.91 Å². The lowest BCUT2D eigenvalue weighted by molar-refractivity contribution is 0.0724. The molecule has 19 heavy (non-hydrogen) atoms. The first-order chi connectivity index (χ1) is 9.19. The summed E-state index contributed by atoms with van der Waals surface area (Å²) in [7, 11) is 0. The van der Waals surface area contributed by atoms with Crippen molar-refractivity contribution in [3.05, 3.63) is 35.6 Å². The van der Waals surface area contributed by atoms with E-state index in [1.165, 1.54) is 0 Å². The highest BCUT2D eigenvalue weighted by atomic mass is 35.5. The molecule has 1 aliphatic rings. The Hall–Kier alpha value is -1.48. The van der Waals surface area contributed by atoms with Crippen molar-refractivity contribution in [2.45, 2.75) is 25.8 Å². The quantitative estimate of drug-likeness (QED) is 0.800. The molecule has 0 unspecified atom stereocenters. The van der Waals surface area contributed by atoms with Crippen LogP contribution in [0.1, 0.15) is 29.0 Å². The third-order valence-corrected chi connectivity index (χ3v) is 3.63. The number of hydrogen-bond acceptors (Lipinski definition) is 2. The average molecular weight is 278 g/mol. The Kier molecular flexibility index (Phi) is 3.23. The predicted molar refractivity (Wildman–Crippen MR) is 75.7 cm³/mol. The number of aryl methyl sites for hydroxylation is 1. The first kappa shape index (κ1) is 12.5. The van der Waals surface area contributed by atoms with E-state index in [0.717, 1.165) is 29.4 Å². The fourth-order valence-electron chi connectivity index (χ4n) is 2.34. The Labute approximate surface area is 117 Å². The first-order valence-electron chi connectivity index (χ1n) is 6.56. The van der Waals surface area contributed by atoms with Gasteiger partial charge in [0.15, 0.2) is 5.76 Å². The van der Waals surface area contributed by atoms with Gasteiger partial charge in [0, 0.05) is 23.9 Å². The van der Waals surface area contributed by atoms with Crippen LogP contribution in [0.5, 0.6) is 0 Å². The van der Waals surface area contributed by atoms with E-state index >= 15 is 0 Å². The summed E-state index contributed by atoms with van der Waals surface area (Å²) in [6.45, 7) is 2.61. The number of benzene rings is 1. The molecular formula is C15H16ClNO2. The summed E-state index contributed by atoms with van der Waals surface area (Å²) in [6, 6.07) is 8.09. The molecule has 0 saturated heterocycles. The van der Waals surface area contributed by atoms with E-state index in [1.54, 1.807) is 0 Å². The summed E-state index contributed by atoms with van der Waals surface area (Å²) in [5.74, 6) is 0.830. The van der Waals surface area contributed by atoms with Crippen molar-refractivity contribution < 1.29 is 9.21 Å². The molecule has 2 aromatic rings. The standard InChI is InChI=1S/C15H16ClNO2/c1-10-2-5-13-11(8-10)9-14(19-13)15(18)17(7-6-16)12-3-4-12/h2,5,8-9,12H,3-4,6-7H2,1H3. The zero-order valence-corrected chi connectivity index (χ0v) is 11.6. The van der Waals surface area contributed by atoms with Gasteiger partial charge in [-0.3, -0.25) is 4.79 Å². The van der Waals surface area contributed by atoms with Gasteiger partial charge in [0.2, 0.25) is 0 Å². The Morgan fingerprint density at radius 3 is 2.89 bits per heavy atom. The molecule has 1 amide bonds. The summed E-state index contributed by atoms with van der Waals surface area (Å²) in [5.41, 5.74) is 1.92. The summed E-state index contributed by atoms with van der Waals surface area (Å²) < 4.78 is 5.66. The van der Waals surface area contributed by atoms with Crippen LogP contribution >= 0.6 is 11.6 Å². The SMILES string of the molecule is Cc1ccc2oc(C(=O)N(CCCl)C3CC3)cc2c1. The van der Waals surface area contributed by atoms with Crippen molar-refractivity contribution in [1.29, 1.82) is 0 Å². The Morgan fingerprint density at radius 1 is 1.42 bits per heavy atom. The van der Waals surface area contributed by atoms with E-state index in [2.05, 4.69) is 0 Å². The van der Waals surface area contributed by atoms with E-state index in [-0.39, 0.29) is 5.91 Å². The third kappa shape index (κ3) is 2.47. The molecule has 1 fully saturated rings. The first-order valence-corrected chi connectivity index (χ1v) is 7.09. The second-order valence-electron chi connectivity index (χ2n) is 5.07. The zero-order chi connectivity index (χ0) is 13.4. The molecule has 0 bridgehead atoms. The summed E-state index contributed by atoms with van der Waals surface area (Å²) >= 11 is 5.77. The van der Waals surface area contributed by atoms with Crippen molar-refractivity contribution in [3.63, 3.8) is 0 Å². The van der Waals surface area contributed by atoms with E-state index in [1.807, 2.05) is 36.1 Å². The zero-order valence-electron chi connectivity index (χ0n) is 10.9. The van der Waals surface area contributed by atoms with E-state index in [9.17, 15) is 4.79 Å².